The number of hydrogen-bond acceptors (Lipinski definition) is 6. The fourth-order valence-electron chi connectivity index (χ4n) is 6.67. The maximum Gasteiger partial charge on any atom is 0.271 e. The van der Waals surface area contributed by atoms with Crippen LogP contribution in [0, 0.1) is 0 Å². The second kappa shape index (κ2) is 10.6. The molecule has 9 heteroatoms. The van der Waals surface area contributed by atoms with E-state index in [1.807, 2.05) is 16.7 Å². The average molecular weight is 565 g/mol. The SMILES string of the molecule is COc1cc2c(cc1NC(=O)CN1CC(O)C1)-c1c(C3CC=CS3)c3c(n1CC2)C(=O)N(C(C)(C)C)CCCC3. The maximum absolute atomic E-state index is 14.3. The Morgan fingerprint density at radius 2 is 1.95 bits per heavy atom. The molecule has 1 atom stereocenters. The van der Waals surface area contributed by atoms with Crippen molar-refractivity contribution in [3.05, 3.63) is 46.0 Å². The predicted octanol–water partition coefficient (Wildman–Crippen LogP) is 4.60. The van der Waals surface area contributed by atoms with Crippen LogP contribution in [0.2, 0.25) is 0 Å². The van der Waals surface area contributed by atoms with Gasteiger partial charge < -0.3 is 24.6 Å². The maximum atomic E-state index is 14.3. The summed E-state index contributed by atoms with van der Waals surface area (Å²) < 4.78 is 8.02. The number of carbonyl (C=O) groups excluding carboxylic acids is 2. The molecule has 0 saturated carbocycles. The number of β-amino-alcohol motifs (C(OH)–C–C–N with tert-alkyl or cyclic N) is 1. The fraction of sp³-hybridized carbons (Fsp3) is 0.548. The van der Waals surface area contributed by atoms with Crippen LogP contribution in [0.5, 0.6) is 5.75 Å². The van der Waals surface area contributed by atoms with E-state index in [0.717, 1.165) is 62.1 Å². The lowest BCUT2D eigenvalue weighted by Gasteiger charge is -2.37. The summed E-state index contributed by atoms with van der Waals surface area (Å²) >= 11 is 1.84. The highest BCUT2D eigenvalue weighted by atomic mass is 32.2. The number of rotatable bonds is 5. The zero-order valence-corrected chi connectivity index (χ0v) is 24.8. The van der Waals surface area contributed by atoms with Gasteiger partial charge in [0.15, 0.2) is 0 Å². The molecule has 2 N–H and O–H groups in total. The molecule has 1 aromatic carbocycles. The standard InChI is InChI=1S/C31H40N4O4S/c1-31(2,3)35-11-6-5-8-21-27(25-9-7-13-40-25)28-22-15-23(32-26(37)18-33-16-20(36)17-33)24(39-4)14-19(22)10-12-34(28)29(21)30(35)38/h7,13-15,20,25,36H,5-6,8-12,16-18H2,1-4H3,(H,32,37). The Kier molecular flexibility index (Phi) is 7.25. The van der Waals surface area contributed by atoms with Crippen molar-refractivity contribution in [1.82, 2.24) is 14.4 Å². The van der Waals surface area contributed by atoms with Gasteiger partial charge >= 0.3 is 0 Å². The minimum absolute atomic E-state index is 0.129. The summed E-state index contributed by atoms with van der Waals surface area (Å²) in [6, 6.07) is 4.11. The number of aliphatic hydroxyl groups excluding tert-OH is 1. The van der Waals surface area contributed by atoms with Crippen molar-refractivity contribution in [1.29, 1.82) is 0 Å². The Morgan fingerprint density at radius 1 is 1.15 bits per heavy atom. The fourth-order valence-corrected chi connectivity index (χ4v) is 7.70. The Labute approximate surface area is 240 Å². The number of amides is 2. The molecular weight excluding hydrogens is 524 g/mol. The topological polar surface area (TPSA) is 87.0 Å². The molecule has 6 rings (SSSR count). The second-order valence-electron chi connectivity index (χ2n) is 12.4. The van der Waals surface area contributed by atoms with Gasteiger partial charge in [0, 0.05) is 42.5 Å². The van der Waals surface area contributed by atoms with Crippen molar-refractivity contribution >= 4 is 29.3 Å². The van der Waals surface area contributed by atoms with E-state index in [1.165, 1.54) is 16.7 Å². The van der Waals surface area contributed by atoms with E-state index >= 15 is 0 Å². The lowest BCUT2D eigenvalue weighted by atomic mass is 9.91. The minimum Gasteiger partial charge on any atom is -0.495 e. The third kappa shape index (κ3) is 4.86. The van der Waals surface area contributed by atoms with Gasteiger partial charge in [0.1, 0.15) is 11.4 Å². The number of carbonyl (C=O) groups is 2. The molecule has 8 nitrogen and oxygen atoms in total. The number of allylic oxidation sites excluding steroid dienone is 1. The lowest BCUT2D eigenvalue weighted by Crippen LogP contribution is -2.53. The van der Waals surface area contributed by atoms with Crippen LogP contribution >= 0.6 is 11.8 Å². The number of methoxy groups -OCH3 is 1. The van der Waals surface area contributed by atoms with Crippen molar-refractivity contribution < 1.29 is 19.4 Å². The van der Waals surface area contributed by atoms with Crippen molar-refractivity contribution in [2.75, 3.05) is 38.6 Å². The summed E-state index contributed by atoms with van der Waals surface area (Å²) in [6.45, 7) is 9.16. The number of hydrogen-bond donors (Lipinski definition) is 2. The highest BCUT2D eigenvalue weighted by Gasteiger charge is 2.39. The van der Waals surface area contributed by atoms with Gasteiger partial charge in [-0.25, -0.2) is 0 Å². The highest BCUT2D eigenvalue weighted by molar-refractivity contribution is 8.02. The predicted molar refractivity (Wildman–Crippen MR) is 159 cm³/mol. The molecular formula is C31H40N4O4S. The highest BCUT2D eigenvalue weighted by Crippen LogP contribution is 2.50. The summed E-state index contributed by atoms with van der Waals surface area (Å²) in [5, 5.41) is 15.1. The van der Waals surface area contributed by atoms with Crippen LogP contribution in [0.3, 0.4) is 0 Å². The molecule has 40 heavy (non-hydrogen) atoms. The van der Waals surface area contributed by atoms with Gasteiger partial charge in [-0.1, -0.05) is 6.08 Å². The number of nitrogens with one attached hydrogen (secondary N) is 1. The number of benzene rings is 1. The van der Waals surface area contributed by atoms with E-state index in [-0.39, 0.29) is 35.3 Å². The molecule has 4 aliphatic heterocycles. The van der Waals surface area contributed by atoms with Crippen LogP contribution in [0.1, 0.15) is 72.5 Å². The Hall–Kier alpha value is -2.75. The molecule has 1 unspecified atom stereocenters. The molecule has 214 valence electrons. The number of nitrogens with zero attached hydrogens (tertiary/aromatic N) is 3. The summed E-state index contributed by atoms with van der Waals surface area (Å²) in [6.07, 6.45) is 6.57. The molecule has 2 amide bonds. The molecule has 0 spiro atoms. The molecule has 0 aliphatic carbocycles. The van der Waals surface area contributed by atoms with E-state index in [9.17, 15) is 14.7 Å². The van der Waals surface area contributed by atoms with E-state index in [2.05, 4.69) is 59.2 Å². The van der Waals surface area contributed by atoms with Gasteiger partial charge in [-0.3, -0.25) is 14.5 Å². The quantitative estimate of drug-likeness (QED) is 0.552. The van der Waals surface area contributed by atoms with Gasteiger partial charge in [0.25, 0.3) is 5.91 Å². The molecule has 4 aliphatic rings. The largest absolute Gasteiger partial charge is 0.495 e. The Bertz CT molecular complexity index is 1360. The van der Waals surface area contributed by atoms with Crippen LogP contribution in [0.4, 0.5) is 5.69 Å². The number of anilines is 1. The molecule has 1 saturated heterocycles. The molecule has 1 aromatic heterocycles. The van der Waals surface area contributed by atoms with E-state index in [4.69, 9.17) is 4.74 Å². The first-order chi connectivity index (χ1) is 19.2. The monoisotopic (exact) mass is 564 g/mol. The third-order valence-corrected chi connectivity index (χ3v) is 9.70. The zero-order chi connectivity index (χ0) is 28.2. The van der Waals surface area contributed by atoms with Crippen LogP contribution in [-0.2, 0) is 24.2 Å². The number of aromatic nitrogens is 1. The molecule has 2 aromatic rings. The normalized spacial score (nSPS) is 21.3. The Morgan fingerprint density at radius 3 is 2.62 bits per heavy atom. The van der Waals surface area contributed by atoms with Crippen LogP contribution in [0.15, 0.2) is 23.6 Å². The summed E-state index contributed by atoms with van der Waals surface area (Å²) in [5.41, 5.74) is 7.11. The van der Waals surface area contributed by atoms with Gasteiger partial charge in [0.2, 0.25) is 5.91 Å². The van der Waals surface area contributed by atoms with Gasteiger partial charge in [-0.15, -0.1) is 11.8 Å². The number of aliphatic hydroxyl groups is 1. The van der Waals surface area contributed by atoms with E-state index in [1.54, 1.807) is 7.11 Å². The minimum atomic E-state index is -0.350. The number of thioether (sulfide) groups is 1. The van der Waals surface area contributed by atoms with Gasteiger partial charge in [0.05, 0.1) is 31.1 Å². The van der Waals surface area contributed by atoms with Crippen molar-refractivity contribution in [2.45, 2.75) is 76.3 Å². The zero-order valence-electron chi connectivity index (χ0n) is 24.0. The first kappa shape index (κ1) is 27.4. The molecule has 0 radical (unpaired) electrons. The molecule has 0 bridgehead atoms. The molecule has 1 fully saturated rings. The van der Waals surface area contributed by atoms with Crippen LogP contribution < -0.4 is 10.1 Å². The summed E-state index contributed by atoms with van der Waals surface area (Å²) in [5.74, 6) is 0.644. The van der Waals surface area contributed by atoms with E-state index < -0.39 is 0 Å². The van der Waals surface area contributed by atoms with Crippen LogP contribution in [0.25, 0.3) is 11.3 Å². The number of likely N-dealkylation sites (tertiary alicyclic amines) is 1. The lowest BCUT2D eigenvalue weighted by molar-refractivity contribution is -0.119. The van der Waals surface area contributed by atoms with E-state index in [0.29, 0.717) is 24.5 Å². The van der Waals surface area contributed by atoms with Gasteiger partial charge in [-0.05, 0) is 87.1 Å². The first-order valence-corrected chi connectivity index (χ1v) is 15.4. The summed E-state index contributed by atoms with van der Waals surface area (Å²) in [7, 11) is 1.63. The van der Waals surface area contributed by atoms with Crippen molar-refractivity contribution in [3.63, 3.8) is 0 Å². The second-order valence-corrected chi connectivity index (χ2v) is 13.5. The van der Waals surface area contributed by atoms with Gasteiger partial charge in [-0.2, -0.15) is 0 Å². The van der Waals surface area contributed by atoms with Crippen LogP contribution in [-0.4, -0.2) is 76.2 Å². The molecule has 5 heterocycles. The number of aryl methyl sites for hydroxylation is 1. The number of fused-ring (bicyclic) bond motifs is 5. The average Bonchev–Trinajstić information content (AvgIpc) is 3.51. The Balaban J connectivity index is 1.47. The first-order valence-electron chi connectivity index (χ1n) is 14.4. The number of ether oxygens (including phenoxy) is 1. The smallest absolute Gasteiger partial charge is 0.271 e. The van der Waals surface area contributed by atoms with Crippen molar-refractivity contribution in [3.8, 4) is 17.0 Å². The summed E-state index contributed by atoms with van der Waals surface area (Å²) in [4.78, 5) is 31.2. The van der Waals surface area contributed by atoms with Crippen molar-refractivity contribution in [2.24, 2.45) is 0 Å². The third-order valence-electron chi connectivity index (χ3n) is 8.60.